The van der Waals surface area contributed by atoms with Crippen LogP contribution in [-0.4, -0.2) is 24.1 Å². The van der Waals surface area contributed by atoms with Crippen LogP contribution in [0.3, 0.4) is 0 Å². The van der Waals surface area contributed by atoms with Crippen LogP contribution in [0.5, 0.6) is 0 Å². The third-order valence-corrected chi connectivity index (χ3v) is 2.95. The summed E-state index contributed by atoms with van der Waals surface area (Å²) in [5.41, 5.74) is 6.36. The normalized spacial score (nSPS) is 13.9. The first kappa shape index (κ1) is 14.7. The smallest absolute Gasteiger partial charge is 0.224 e. The Bertz CT molecular complexity index is 354. The van der Waals surface area contributed by atoms with Crippen molar-refractivity contribution in [3.05, 3.63) is 35.9 Å². The van der Waals surface area contributed by atoms with E-state index in [1.807, 2.05) is 37.3 Å². The molecule has 0 radical (unpaired) electrons. The fraction of sp³-hybridized carbons (Fsp3) is 0.500. The highest BCUT2D eigenvalue weighted by Crippen LogP contribution is 2.11. The van der Waals surface area contributed by atoms with Crippen molar-refractivity contribution in [3.8, 4) is 0 Å². The zero-order chi connectivity index (χ0) is 13.4. The molecule has 2 unspecified atom stereocenters. The number of aliphatic hydroxyl groups excluding tert-OH is 1. The van der Waals surface area contributed by atoms with Crippen LogP contribution in [0, 0.1) is 5.92 Å². The van der Waals surface area contributed by atoms with E-state index in [-0.39, 0.29) is 18.4 Å². The minimum Gasteiger partial charge on any atom is -0.387 e. The van der Waals surface area contributed by atoms with Crippen molar-refractivity contribution < 1.29 is 9.90 Å². The van der Waals surface area contributed by atoms with Crippen molar-refractivity contribution >= 4 is 5.91 Å². The van der Waals surface area contributed by atoms with E-state index in [0.717, 1.165) is 18.4 Å². The van der Waals surface area contributed by atoms with Crippen LogP contribution in [0.1, 0.15) is 31.4 Å². The largest absolute Gasteiger partial charge is 0.387 e. The number of nitrogens with one attached hydrogen (secondary N) is 1. The van der Waals surface area contributed by atoms with Crippen LogP contribution in [0.2, 0.25) is 0 Å². The van der Waals surface area contributed by atoms with Gasteiger partial charge in [-0.3, -0.25) is 4.79 Å². The van der Waals surface area contributed by atoms with E-state index in [9.17, 15) is 9.90 Å². The number of aliphatic hydroxyl groups is 1. The number of nitrogens with two attached hydrogens (primary N) is 1. The van der Waals surface area contributed by atoms with Crippen molar-refractivity contribution in [3.63, 3.8) is 0 Å². The molecule has 0 bridgehead atoms. The molecule has 4 heteroatoms. The monoisotopic (exact) mass is 250 g/mol. The van der Waals surface area contributed by atoms with Crippen LogP contribution in [0.15, 0.2) is 30.3 Å². The summed E-state index contributed by atoms with van der Waals surface area (Å²) >= 11 is 0. The van der Waals surface area contributed by atoms with E-state index in [2.05, 4.69) is 5.32 Å². The molecule has 1 aromatic rings. The minimum atomic E-state index is -0.671. The molecule has 100 valence electrons. The fourth-order valence-corrected chi connectivity index (χ4v) is 1.84. The van der Waals surface area contributed by atoms with Crippen LogP contribution < -0.4 is 11.1 Å². The summed E-state index contributed by atoms with van der Waals surface area (Å²) in [6.45, 7) is 2.60. The van der Waals surface area contributed by atoms with Gasteiger partial charge in [-0.2, -0.15) is 0 Å². The quantitative estimate of drug-likeness (QED) is 0.681. The fourth-order valence-electron chi connectivity index (χ4n) is 1.84. The molecule has 4 N–H and O–H groups in total. The number of carbonyl (C=O) groups is 1. The van der Waals surface area contributed by atoms with Gasteiger partial charge in [0, 0.05) is 13.1 Å². The lowest BCUT2D eigenvalue weighted by Gasteiger charge is -2.16. The summed E-state index contributed by atoms with van der Waals surface area (Å²) in [5, 5.41) is 12.7. The van der Waals surface area contributed by atoms with E-state index in [1.54, 1.807) is 0 Å². The second-order valence-corrected chi connectivity index (χ2v) is 4.39. The molecule has 0 aliphatic rings. The summed E-state index contributed by atoms with van der Waals surface area (Å²) in [6, 6.07) is 9.29. The molecule has 4 nitrogen and oxygen atoms in total. The van der Waals surface area contributed by atoms with Crippen molar-refractivity contribution in [1.82, 2.24) is 5.32 Å². The first-order valence-electron chi connectivity index (χ1n) is 6.39. The Kier molecular flexibility index (Phi) is 6.39. The molecule has 0 spiro atoms. The molecule has 1 rings (SSSR count). The number of carbonyl (C=O) groups excluding carboxylic acids is 1. The second kappa shape index (κ2) is 7.84. The Morgan fingerprint density at radius 3 is 2.61 bits per heavy atom. The molecule has 0 heterocycles. The van der Waals surface area contributed by atoms with Gasteiger partial charge in [-0.25, -0.2) is 0 Å². The lowest BCUT2D eigenvalue weighted by atomic mass is 10.0. The lowest BCUT2D eigenvalue weighted by molar-refractivity contribution is -0.125. The van der Waals surface area contributed by atoms with Crippen LogP contribution in [0.25, 0.3) is 0 Å². The lowest BCUT2D eigenvalue weighted by Crippen LogP contribution is -2.37. The van der Waals surface area contributed by atoms with Crippen molar-refractivity contribution in [2.45, 2.75) is 25.9 Å². The number of hydrogen-bond acceptors (Lipinski definition) is 3. The van der Waals surface area contributed by atoms with Crippen molar-refractivity contribution in [2.24, 2.45) is 11.7 Å². The average molecular weight is 250 g/mol. The molecule has 1 aromatic carbocycles. The highest BCUT2D eigenvalue weighted by atomic mass is 16.3. The van der Waals surface area contributed by atoms with Crippen LogP contribution in [-0.2, 0) is 4.79 Å². The van der Waals surface area contributed by atoms with E-state index in [1.165, 1.54) is 0 Å². The predicted octanol–water partition coefficient (Wildman–Crippen LogP) is 1.21. The van der Waals surface area contributed by atoms with E-state index < -0.39 is 6.10 Å². The minimum absolute atomic E-state index is 0.0747. The molecule has 2 atom stereocenters. The Morgan fingerprint density at radius 2 is 2.06 bits per heavy atom. The maximum Gasteiger partial charge on any atom is 0.224 e. The third-order valence-electron chi connectivity index (χ3n) is 2.95. The number of amides is 1. The Morgan fingerprint density at radius 1 is 1.39 bits per heavy atom. The van der Waals surface area contributed by atoms with Gasteiger partial charge in [0.05, 0.1) is 12.0 Å². The molecule has 0 aliphatic carbocycles. The highest BCUT2D eigenvalue weighted by Gasteiger charge is 2.16. The molecule has 18 heavy (non-hydrogen) atoms. The summed E-state index contributed by atoms with van der Waals surface area (Å²) in [4.78, 5) is 11.8. The van der Waals surface area contributed by atoms with E-state index in [0.29, 0.717) is 6.54 Å². The topological polar surface area (TPSA) is 75.4 Å². The molecule has 0 aliphatic heterocycles. The van der Waals surface area contributed by atoms with Gasteiger partial charge in [0.25, 0.3) is 0 Å². The standard InChI is InChI=1S/C14H22N2O2/c1-2-6-12(9-15)14(18)16-10-13(17)11-7-4-3-5-8-11/h3-5,7-8,12-13,17H,2,6,9-10,15H2,1H3,(H,16,18). The maximum absolute atomic E-state index is 11.8. The van der Waals surface area contributed by atoms with Gasteiger partial charge in [0.15, 0.2) is 0 Å². The van der Waals surface area contributed by atoms with Gasteiger partial charge in [-0.05, 0) is 12.0 Å². The summed E-state index contributed by atoms with van der Waals surface area (Å²) in [6.07, 6.45) is 1.04. The molecule has 0 aromatic heterocycles. The Hall–Kier alpha value is -1.39. The van der Waals surface area contributed by atoms with E-state index >= 15 is 0 Å². The van der Waals surface area contributed by atoms with E-state index in [4.69, 9.17) is 5.73 Å². The summed E-state index contributed by atoms with van der Waals surface area (Å²) in [5.74, 6) is -0.229. The number of benzene rings is 1. The molecule has 1 amide bonds. The van der Waals surface area contributed by atoms with Crippen molar-refractivity contribution in [2.75, 3.05) is 13.1 Å². The molecular weight excluding hydrogens is 228 g/mol. The van der Waals surface area contributed by atoms with Gasteiger partial charge in [-0.15, -0.1) is 0 Å². The summed E-state index contributed by atoms with van der Waals surface area (Å²) in [7, 11) is 0. The average Bonchev–Trinajstić information content (AvgIpc) is 2.42. The summed E-state index contributed by atoms with van der Waals surface area (Å²) < 4.78 is 0. The third kappa shape index (κ3) is 4.47. The van der Waals surface area contributed by atoms with Crippen LogP contribution in [0.4, 0.5) is 0 Å². The Labute approximate surface area is 108 Å². The zero-order valence-electron chi connectivity index (χ0n) is 10.8. The number of rotatable bonds is 7. The SMILES string of the molecule is CCCC(CN)C(=O)NCC(O)c1ccccc1. The van der Waals surface area contributed by atoms with Gasteiger partial charge in [0.2, 0.25) is 5.91 Å². The maximum atomic E-state index is 11.8. The predicted molar refractivity (Wildman–Crippen MR) is 71.9 cm³/mol. The molecule has 0 fully saturated rings. The van der Waals surface area contributed by atoms with Crippen molar-refractivity contribution in [1.29, 1.82) is 0 Å². The highest BCUT2D eigenvalue weighted by molar-refractivity contribution is 5.78. The number of hydrogen-bond donors (Lipinski definition) is 3. The van der Waals surface area contributed by atoms with Gasteiger partial charge in [0.1, 0.15) is 0 Å². The van der Waals surface area contributed by atoms with Crippen LogP contribution >= 0.6 is 0 Å². The molecule has 0 saturated carbocycles. The zero-order valence-corrected chi connectivity index (χ0v) is 10.8. The second-order valence-electron chi connectivity index (χ2n) is 4.39. The Balaban J connectivity index is 2.42. The van der Waals surface area contributed by atoms with Gasteiger partial charge >= 0.3 is 0 Å². The molecular formula is C14H22N2O2. The van der Waals surface area contributed by atoms with Gasteiger partial charge in [-0.1, -0.05) is 43.7 Å². The first-order valence-corrected chi connectivity index (χ1v) is 6.39. The first-order chi connectivity index (χ1) is 8.69. The van der Waals surface area contributed by atoms with Gasteiger partial charge < -0.3 is 16.2 Å². The molecule has 0 saturated heterocycles.